The lowest BCUT2D eigenvalue weighted by atomic mass is 10.2. The highest BCUT2D eigenvalue weighted by Gasteiger charge is 2.02. The number of thiophene rings is 1. The molecule has 1 aromatic carbocycles. The van der Waals surface area contributed by atoms with Crippen molar-refractivity contribution in [3.8, 4) is 17.6 Å². The van der Waals surface area contributed by atoms with Crippen LogP contribution < -0.4 is 4.74 Å². The minimum Gasteiger partial charge on any atom is -0.491 e. The molecule has 0 saturated heterocycles. The van der Waals surface area contributed by atoms with Crippen molar-refractivity contribution in [1.29, 1.82) is 0 Å². The topological polar surface area (TPSA) is 38.7 Å². The summed E-state index contributed by atoms with van der Waals surface area (Å²) < 4.78 is 11.2. The summed E-state index contributed by atoms with van der Waals surface area (Å²) in [7, 11) is 0. The fraction of sp³-hybridized carbons (Fsp3) is 0.294. The zero-order chi connectivity index (χ0) is 14.8. The van der Waals surface area contributed by atoms with Crippen LogP contribution in [0, 0.1) is 11.8 Å². The van der Waals surface area contributed by atoms with E-state index in [0.29, 0.717) is 26.2 Å². The fourth-order valence-electron chi connectivity index (χ4n) is 1.68. The van der Waals surface area contributed by atoms with E-state index in [4.69, 9.17) is 14.6 Å². The fourth-order valence-corrected chi connectivity index (χ4v) is 2.44. The molecule has 21 heavy (non-hydrogen) atoms. The molecule has 2 rings (SSSR count). The number of aliphatic hydroxyl groups excluding tert-OH is 1. The number of ether oxygens (including phenoxy) is 2. The first-order valence-electron chi connectivity index (χ1n) is 6.82. The van der Waals surface area contributed by atoms with Crippen LogP contribution in [-0.4, -0.2) is 24.9 Å². The van der Waals surface area contributed by atoms with E-state index in [-0.39, 0.29) is 6.61 Å². The summed E-state index contributed by atoms with van der Waals surface area (Å²) in [6, 6.07) is 11.7. The smallest absolute Gasteiger partial charge is 0.119 e. The maximum absolute atomic E-state index is 8.72. The lowest BCUT2D eigenvalue weighted by Crippen LogP contribution is -2.06. The van der Waals surface area contributed by atoms with Crippen molar-refractivity contribution in [2.24, 2.45) is 0 Å². The summed E-state index contributed by atoms with van der Waals surface area (Å²) in [5.74, 6) is 6.83. The first kappa shape index (κ1) is 15.6. The van der Waals surface area contributed by atoms with Gasteiger partial charge in [-0.25, -0.2) is 0 Å². The molecule has 0 fully saturated rings. The number of para-hydroxylation sites is 1. The van der Waals surface area contributed by atoms with E-state index in [0.717, 1.165) is 16.2 Å². The zero-order valence-electron chi connectivity index (χ0n) is 11.7. The third-order valence-corrected chi connectivity index (χ3v) is 3.57. The molecule has 0 spiro atoms. The lowest BCUT2D eigenvalue weighted by Gasteiger charge is -2.06. The first-order chi connectivity index (χ1) is 10.4. The number of benzene rings is 1. The molecular weight excluding hydrogens is 284 g/mol. The standard InChI is InChI=1S/C17H18O3S/c18-10-5-4-6-15-9-13-21-17(15)14-19-11-12-20-16-7-2-1-3-8-16/h1-3,7-9,13,18H,5,10-12,14H2. The Morgan fingerprint density at radius 3 is 2.76 bits per heavy atom. The Hall–Kier alpha value is -1.80. The Kier molecular flexibility index (Phi) is 6.82. The van der Waals surface area contributed by atoms with E-state index >= 15 is 0 Å². The Balaban J connectivity index is 1.70. The molecule has 0 atom stereocenters. The van der Waals surface area contributed by atoms with E-state index in [1.807, 2.05) is 41.8 Å². The molecule has 0 bridgehead atoms. The van der Waals surface area contributed by atoms with Gasteiger partial charge < -0.3 is 14.6 Å². The maximum Gasteiger partial charge on any atom is 0.119 e. The van der Waals surface area contributed by atoms with Crippen molar-refractivity contribution in [2.75, 3.05) is 19.8 Å². The molecule has 110 valence electrons. The lowest BCUT2D eigenvalue weighted by molar-refractivity contribution is 0.0904. The average Bonchev–Trinajstić information content (AvgIpc) is 2.96. The predicted molar refractivity (Wildman–Crippen MR) is 84.5 cm³/mol. The summed E-state index contributed by atoms with van der Waals surface area (Å²) in [6.07, 6.45) is 0.501. The average molecular weight is 302 g/mol. The normalized spacial score (nSPS) is 9.95. The molecule has 1 N–H and O–H groups in total. The molecular formula is C17H18O3S. The third-order valence-electron chi connectivity index (χ3n) is 2.68. The van der Waals surface area contributed by atoms with Gasteiger partial charge in [0.2, 0.25) is 0 Å². The first-order valence-corrected chi connectivity index (χ1v) is 7.70. The molecule has 0 aliphatic heterocycles. The summed E-state index contributed by atoms with van der Waals surface area (Å²) >= 11 is 1.63. The SMILES string of the molecule is OCCC#Cc1ccsc1COCCOc1ccccc1. The van der Waals surface area contributed by atoms with Gasteiger partial charge in [0.25, 0.3) is 0 Å². The summed E-state index contributed by atoms with van der Waals surface area (Å²) in [5.41, 5.74) is 0.984. The van der Waals surface area contributed by atoms with Crippen LogP contribution >= 0.6 is 11.3 Å². The van der Waals surface area contributed by atoms with Gasteiger partial charge in [-0.3, -0.25) is 0 Å². The summed E-state index contributed by atoms with van der Waals surface area (Å²) in [5, 5.41) is 10.7. The van der Waals surface area contributed by atoms with Gasteiger partial charge in [-0.05, 0) is 23.6 Å². The Morgan fingerprint density at radius 2 is 1.95 bits per heavy atom. The predicted octanol–water partition coefficient (Wildman–Crippen LogP) is 3.08. The summed E-state index contributed by atoms with van der Waals surface area (Å²) in [6.45, 7) is 1.70. The molecule has 2 aromatic rings. The second kappa shape index (κ2) is 9.19. The van der Waals surface area contributed by atoms with Gasteiger partial charge in [-0.2, -0.15) is 0 Å². The summed E-state index contributed by atoms with van der Waals surface area (Å²) in [4.78, 5) is 1.11. The molecule has 0 aliphatic carbocycles. The molecule has 3 nitrogen and oxygen atoms in total. The van der Waals surface area contributed by atoms with Gasteiger partial charge in [-0.15, -0.1) is 11.3 Å². The molecule has 0 saturated carbocycles. The minimum atomic E-state index is 0.0970. The van der Waals surface area contributed by atoms with E-state index in [2.05, 4.69) is 11.8 Å². The van der Waals surface area contributed by atoms with Gasteiger partial charge in [0.05, 0.1) is 19.8 Å². The van der Waals surface area contributed by atoms with Crippen molar-refractivity contribution in [3.05, 3.63) is 52.2 Å². The highest BCUT2D eigenvalue weighted by Crippen LogP contribution is 2.17. The third kappa shape index (κ3) is 5.60. The van der Waals surface area contributed by atoms with Crippen molar-refractivity contribution in [2.45, 2.75) is 13.0 Å². The van der Waals surface area contributed by atoms with Crippen molar-refractivity contribution in [3.63, 3.8) is 0 Å². The maximum atomic E-state index is 8.72. The second-order valence-electron chi connectivity index (χ2n) is 4.25. The molecule has 1 heterocycles. The highest BCUT2D eigenvalue weighted by atomic mass is 32.1. The van der Waals surface area contributed by atoms with E-state index in [9.17, 15) is 0 Å². The molecule has 4 heteroatoms. The molecule has 0 amide bonds. The second-order valence-corrected chi connectivity index (χ2v) is 5.25. The van der Waals surface area contributed by atoms with Gasteiger partial charge in [-0.1, -0.05) is 30.0 Å². The number of rotatable bonds is 7. The molecule has 0 radical (unpaired) electrons. The van der Waals surface area contributed by atoms with Crippen LogP contribution in [-0.2, 0) is 11.3 Å². The number of aliphatic hydroxyl groups is 1. The Labute approximate surface area is 129 Å². The van der Waals surface area contributed by atoms with Crippen LogP contribution in [0.1, 0.15) is 16.9 Å². The van der Waals surface area contributed by atoms with E-state index < -0.39 is 0 Å². The van der Waals surface area contributed by atoms with Crippen LogP contribution in [0.4, 0.5) is 0 Å². The Morgan fingerprint density at radius 1 is 1.10 bits per heavy atom. The highest BCUT2D eigenvalue weighted by molar-refractivity contribution is 7.10. The quantitative estimate of drug-likeness (QED) is 0.631. The minimum absolute atomic E-state index is 0.0970. The van der Waals surface area contributed by atoms with Crippen LogP contribution in [0.15, 0.2) is 41.8 Å². The van der Waals surface area contributed by atoms with Crippen LogP contribution in [0.25, 0.3) is 0 Å². The zero-order valence-corrected chi connectivity index (χ0v) is 12.6. The van der Waals surface area contributed by atoms with Gasteiger partial charge in [0.1, 0.15) is 12.4 Å². The largest absolute Gasteiger partial charge is 0.491 e. The molecule has 0 aliphatic rings. The van der Waals surface area contributed by atoms with Gasteiger partial charge >= 0.3 is 0 Å². The van der Waals surface area contributed by atoms with Crippen LogP contribution in [0.2, 0.25) is 0 Å². The van der Waals surface area contributed by atoms with Gasteiger partial charge in [0, 0.05) is 16.9 Å². The van der Waals surface area contributed by atoms with Crippen molar-refractivity contribution < 1.29 is 14.6 Å². The molecule has 0 unspecified atom stereocenters. The van der Waals surface area contributed by atoms with Crippen LogP contribution in [0.5, 0.6) is 5.75 Å². The van der Waals surface area contributed by atoms with Crippen molar-refractivity contribution in [1.82, 2.24) is 0 Å². The number of hydrogen-bond acceptors (Lipinski definition) is 4. The van der Waals surface area contributed by atoms with Crippen LogP contribution in [0.3, 0.4) is 0 Å². The monoisotopic (exact) mass is 302 g/mol. The molecule has 1 aromatic heterocycles. The van der Waals surface area contributed by atoms with E-state index in [1.165, 1.54) is 0 Å². The van der Waals surface area contributed by atoms with E-state index in [1.54, 1.807) is 11.3 Å². The number of hydrogen-bond donors (Lipinski definition) is 1. The van der Waals surface area contributed by atoms with Gasteiger partial charge in [0.15, 0.2) is 0 Å². The Bertz CT molecular complexity index is 581. The van der Waals surface area contributed by atoms with Crippen molar-refractivity contribution >= 4 is 11.3 Å².